The van der Waals surface area contributed by atoms with Gasteiger partial charge in [0.15, 0.2) is 0 Å². The maximum atomic E-state index is 12.8. The number of ether oxygens (including phenoxy) is 1. The highest BCUT2D eigenvalue weighted by Crippen LogP contribution is 2.25. The zero-order valence-corrected chi connectivity index (χ0v) is 22.9. The van der Waals surface area contributed by atoms with Gasteiger partial charge in [0, 0.05) is 12.2 Å². The first kappa shape index (κ1) is 30.2. The van der Waals surface area contributed by atoms with E-state index in [1.165, 1.54) is 10.9 Å². The molecule has 3 aromatic rings. The molecule has 0 saturated carbocycles. The van der Waals surface area contributed by atoms with Crippen molar-refractivity contribution in [2.45, 2.75) is 45.3 Å². The number of aromatic nitrogens is 1. The van der Waals surface area contributed by atoms with Gasteiger partial charge in [-0.05, 0) is 79.3 Å². The molecule has 1 aliphatic heterocycles. The smallest absolute Gasteiger partial charge is 0.242 e. The van der Waals surface area contributed by atoms with Crippen LogP contribution in [0.3, 0.4) is 0 Å². The first-order valence-corrected chi connectivity index (χ1v) is 11.9. The number of benzene rings is 2. The zero-order chi connectivity index (χ0) is 24.9. The lowest BCUT2D eigenvalue weighted by molar-refractivity contribution is -0.129. The molecule has 2 amide bonds. The summed E-state index contributed by atoms with van der Waals surface area (Å²) in [4.78, 5) is 29.5. The Morgan fingerprint density at radius 1 is 1.14 bits per heavy atom. The lowest BCUT2D eigenvalue weighted by Crippen LogP contribution is -2.50. The van der Waals surface area contributed by atoms with Gasteiger partial charge in [-0.1, -0.05) is 30.3 Å². The van der Waals surface area contributed by atoms with Crippen LogP contribution in [0.1, 0.15) is 30.2 Å². The molecule has 0 bridgehead atoms. The van der Waals surface area contributed by atoms with Crippen LogP contribution in [-0.2, 0) is 22.6 Å². The number of carbonyl (C=O) groups excluding carboxylic acids is 2. The summed E-state index contributed by atoms with van der Waals surface area (Å²) in [5.74, 6) is 1.26. The number of nitrogens with two attached hydrogens (primary N) is 1. The number of fused-ring (bicyclic) bond motifs is 1. The van der Waals surface area contributed by atoms with Gasteiger partial charge in [-0.25, -0.2) is 4.98 Å². The van der Waals surface area contributed by atoms with Gasteiger partial charge in [0.25, 0.3) is 0 Å². The fourth-order valence-electron chi connectivity index (χ4n) is 4.54. The van der Waals surface area contributed by atoms with E-state index in [0.29, 0.717) is 18.3 Å². The third kappa shape index (κ3) is 7.71. The third-order valence-electron chi connectivity index (χ3n) is 6.60. The van der Waals surface area contributed by atoms with Crippen molar-refractivity contribution in [1.82, 2.24) is 20.9 Å². The van der Waals surface area contributed by atoms with Gasteiger partial charge in [0.1, 0.15) is 17.6 Å². The van der Waals surface area contributed by atoms with Crippen molar-refractivity contribution in [3.05, 3.63) is 65.4 Å². The van der Waals surface area contributed by atoms with Crippen LogP contribution >= 0.6 is 24.8 Å². The SMILES string of the molecule is COc1ccc2cc(C[C@@H]3CN[C@@H](C(=O)NC(C)C(=O)NCc4ccc(N)nc4C)C3)ccc2c1.Cl.Cl. The molecule has 0 spiro atoms. The van der Waals surface area contributed by atoms with Gasteiger partial charge in [-0.15, -0.1) is 24.8 Å². The molecule has 0 aliphatic carbocycles. The molecule has 1 aromatic heterocycles. The van der Waals surface area contributed by atoms with E-state index in [0.717, 1.165) is 41.8 Å². The minimum absolute atomic E-state index is 0. The van der Waals surface area contributed by atoms with Gasteiger partial charge < -0.3 is 26.4 Å². The molecule has 3 atom stereocenters. The second-order valence-electron chi connectivity index (χ2n) is 9.24. The zero-order valence-electron chi connectivity index (χ0n) is 21.2. The van der Waals surface area contributed by atoms with Crippen LogP contribution in [0, 0.1) is 12.8 Å². The van der Waals surface area contributed by atoms with E-state index in [4.69, 9.17) is 10.5 Å². The van der Waals surface area contributed by atoms with E-state index in [-0.39, 0.29) is 42.7 Å². The number of aryl methyl sites for hydroxylation is 1. The van der Waals surface area contributed by atoms with Gasteiger partial charge in [0.2, 0.25) is 11.8 Å². The molecule has 1 unspecified atom stereocenters. The first-order chi connectivity index (χ1) is 16.8. The normalized spacial score (nSPS) is 17.3. The fraction of sp³-hybridized carbons (Fsp3) is 0.370. The Balaban J connectivity index is 0.00000241. The largest absolute Gasteiger partial charge is 0.497 e. The highest BCUT2D eigenvalue weighted by atomic mass is 35.5. The van der Waals surface area contributed by atoms with Crippen LogP contribution in [0.5, 0.6) is 5.75 Å². The minimum Gasteiger partial charge on any atom is -0.497 e. The van der Waals surface area contributed by atoms with Crippen molar-refractivity contribution >= 4 is 53.2 Å². The summed E-state index contributed by atoms with van der Waals surface area (Å²) in [7, 11) is 1.67. The number of methoxy groups -OCH3 is 1. The lowest BCUT2D eigenvalue weighted by Gasteiger charge is -2.17. The van der Waals surface area contributed by atoms with Crippen LogP contribution in [0.2, 0.25) is 0 Å². The minimum atomic E-state index is -0.636. The molecule has 4 rings (SSSR count). The van der Waals surface area contributed by atoms with E-state index in [9.17, 15) is 9.59 Å². The molecular weight excluding hydrogens is 513 g/mol. The van der Waals surface area contributed by atoms with Gasteiger partial charge in [0.05, 0.1) is 13.2 Å². The number of nitrogens with one attached hydrogen (secondary N) is 3. The monoisotopic (exact) mass is 547 g/mol. The summed E-state index contributed by atoms with van der Waals surface area (Å²) >= 11 is 0. The molecule has 2 aromatic carbocycles. The predicted octanol–water partition coefficient (Wildman–Crippen LogP) is 3.32. The van der Waals surface area contributed by atoms with E-state index >= 15 is 0 Å². The summed E-state index contributed by atoms with van der Waals surface area (Å²) in [6.45, 7) is 4.64. The molecular formula is C27H35Cl2N5O3. The highest BCUT2D eigenvalue weighted by Gasteiger charge is 2.31. The Morgan fingerprint density at radius 2 is 1.86 bits per heavy atom. The number of nitrogens with zero attached hydrogens (tertiary/aromatic N) is 1. The Labute approximate surface area is 229 Å². The number of nitrogen functional groups attached to an aromatic ring is 1. The molecule has 8 nitrogen and oxygen atoms in total. The van der Waals surface area contributed by atoms with Crippen LogP contribution in [0.15, 0.2) is 48.5 Å². The van der Waals surface area contributed by atoms with E-state index in [1.54, 1.807) is 20.1 Å². The number of hydrogen-bond acceptors (Lipinski definition) is 6. The molecule has 1 fully saturated rings. The molecule has 2 heterocycles. The van der Waals surface area contributed by atoms with Gasteiger partial charge >= 0.3 is 0 Å². The van der Waals surface area contributed by atoms with Crippen molar-refractivity contribution in [1.29, 1.82) is 0 Å². The number of halogens is 2. The molecule has 0 radical (unpaired) electrons. The highest BCUT2D eigenvalue weighted by molar-refractivity contribution is 5.89. The van der Waals surface area contributed by atoms with E-state index in [2.05, 4.69) is 45.2 Å². The van der Waals surface area contributed by atoms with Crippen molar-refractivity contribution in [2.24, 2.45) is 5.92 Å². The van der Waals surface area contributed by atoms with Crippen molar-refractivity contribution in [3.63, 3.8) is 0 Å². The van der Waals surface area contributed by atoms with Gasteiger partial charge in [-0.3, -0.25) is 9.59 Å². The molecule has 37 heavy (non-hydrogen) atoms. The molecule has 200 valence electrons. The number of pyridine rings is 1. The number of amides is 2. The lowest BCUT2D eigenvalue weighted by atomic mass is 9.95. The van der Waals surface area contributed by atoms with Crippen LogP contribution in [-0.4, -0.2) is 42.5 Å². The molecule has 10 heteroatoms. The molecule has 1 aliphatic rings. The van der Waals surface area contributed by atoms with Crippen molar-refractivity contribution < 1.29 is 14.3 Å². The second kappa shape index (κ2) is 13.5. The second-order valence-corrected chi connectivity index (χ2v) is 9.24. The van der Waals surface area contributed by atoms with E-state index < -0.39 is 6.04 Å². The van der Waals surface area contributed by atoms with Crippen molar-refractivity contribution in [3.8, 4) is 5.75 Å². The third-order valence-corrected chi connectivity index (χ3v) is 6.60. The first-order valence-electron chi connectivity index (χ1n) is 11.9. The molecule has 5 N–H and O–H groups in total. The Kier molecular flexibility index (Phi) is 11.0. The van der Waals surface area contributed by atoms with E-state index in [1.807, 2.05) is 25.1 Å². The van der Waals surface area contributed by atoms with Gasteiger partial charge in [-0.2, -0.15) is 0 Å². The number of rotatable bonds is 8. The van der Waals surface area contributed by atoms with Crippen LogP contribution < -0.4 is 26.4 Å². The van der Waals surface area contributed by atoms with Crippen molar-refractivity contribution in [2.75, 3.05) is 19.4 Å². The Bertz CT molecular complexity index is 1240. The maximum Gasteiger partial charge on any atom is 0.242 e. The maximum absolute atomic E-state index is 12.8. The quantitative estimate of drug-likeness (QED) is 0.343. The number of carbonyl (C=O) groups is 2. The predicted molar refractivity (Wildman–Crippen MR) is 151 cm³/mol. The van der Waals surface area contributed by atoms with Crippen LogP contribution in [0.25, 0.3) is 10.8 Å². The summed E-state index contributed by atoms with van der Waals surface area (Å²) in [5.41, 5.74) is 8.58. The standard InChI is InChI=1S/C27H33N5O3.2ClH/c1-16-22(7-9-25(28)31-16)15-30-26(33)17(2)32-27(34)24-12-19(14-29-24)10-18-4-5-21-13-23(35-3)8-6-20(21)11-18;;/h4-9,11,13,17,19,24,29H,10,12,14-15H2,1-3H3,(H2,28,31)(H,30,33)(H,32,34);2*1H/t17?,19-,24+;;/m0../s1. The fourth-order valence-corrected chi connectivity index (χ4v) is 4.54. The average molecular weight is 549 g/mol. The topological polar surface area (TPSA) is 118 Å². The average Bonchev–Trinajstić information content (AvgIpc) is 3.31. The Morgan fingerprint density at radius 3 is 2.59 bits per heavy atom. The summed E-state index contributed by atoms with van der Waals surface area (Å²) in [5, 5.41) is 11.3. The number of hydrogen-bond donors (Lipinski definition) is 4. The summed E-state index contributed by atoms with van der Waals surface area (Å²) < 4.78 is 5.30. The summed E-state index contributed by atoms with van der Waals surface area (Å²) in [6.07, 6.45) is 1.63. The molecule has 1 saturated heterocycles. The number of anilines is 1. The Hall–Kier alpha value is -3.07. The van der Waals surface area contributed by atoms with Crippen LogP contribution in [0.4, 0.5) is 5.82 Å². The summed E-state index contributed by atoms with van der Waals surface area (Å²) in [6, 6.07) is 15.1.